The van der Waals surface area contributed by atoms with Crippen LogP contribution in [0, 0.1) is 16.7 Å². The van der Waals surface area contributed by atoms with Gasteiger partial charge in [0.1, 0.15) is 5.75 Å². The highest BCUT2D eigenvalue weighted by atomic mass is 16.5. The van der Waals surface area contributed by atoms with Crippen molar-refractivity contribution in [2.45, 2.75) is 39.0 Å². The van der Waals surface area contributed by atoms with Crippen LogP contribution in [0.1, 0.15) is 31.4 Å². The fourth-order valence-corrected chi connectivity index (χ4v) is 2.47. The largest absolute Gasteiger partial charge is 0.496 e. The van der Waals surface area contributed by atoms with Gasteiger partial charge in [-0.2, -0.15) is 5.26 Å². The Morgan fingerprint density at radius 2 is 2.26 bits per heavy atom. The SMILES string of the molecule is COc1ccc(C#N)cc1CNC1CC(O)C1(C)C. The molecule has 2 rings (SSSR count). The number of nitrogens with zero attached hydrogens (tertiary/aromatic N) is 1. The molecule has 19 heavy (non-hydrogen) atoms. The summed E-state index contributed by atoms with van der Waals surface area (Å²) >= 11 is 0. The van der Waals surface area contributed by atoms with Gasteiger partial charge >= 0.3 is 0 Å². The van der Waals surface area contributed by atoms with E-state index < -0.39 is 0 Å². The second kappa shape index (κ2) is 5.20. The highest BCUT2D eigenvalue weighted by Gasteiger charge is 2.46. The molecule has 0 aliphatic heterocycles. The average molecular weight is 260 g/mol. The standard InChI is InChI=1S/C15H20N2O2/c1-15(2)13(7-14(15)18)17-9-11-6-10(8-16)4-5-12(11)19-3/h4-6,13-14,17-18H,7,9H2,1-3H3. The lowest BCUT2D eigenvalue weighted by molar-refractivity contribution is -0.0730. The van der Waals surface area contributed by atoms with Gasteiger partial charge in [-0.05, 0) is 24.6 Å². The van der Waals surface area contributed by atoms with Gasteiger partial charge < -0.3 is 15.2 Å². The first-order valence-electron chi connectivity index (χ1n) is 6.47. The molecule has 1 fully saturated rings. The van der Waals surface area contributed by atoms with E-state index in [2.05, 4.69) is 25.2 Å². The molecular formula is C15H20N2O2. The number of benzene rings is 1. The fourth-order valence-electron chi connectivity index (χ4n) is 2.47. The van der Waals surface area contributed by atoms with Crippen molar-refractivity contribution in [3.63, 3.8) is 0 Å². The van der Waals surface area contributed by atoms with E-state index in [0.29, 0.717) is 12.1 Å². The summed E-state index contributed by atoms with van der Waals surface area (Å²) in [5.41, 5.74) is 1.50. The first kappa shape index (κ1) is 13.9. The zero-order valence-corrected chi connectivity index (χ0v) is 11.6. The first-order valence-corrected chi connectivity index (χ1v) is 6.47. The zero-order chi connectivity index (χ0) is 14.0. The Morgan fingerprint density at radius 1 is 1.53 bits per heavy atom. The molecule has 0 saturated heterocycles. The van der Waals surface area contributed by atoms with Crippen LogP contribution >= 0.6 is 0 Å². The maximum Gasteiger partial charge on any atom is 0.123 e. The first-order chi connectivity index (χ1) is 8.98. The number of aliphatic hydroxyl groups is 1. The Labute approximate surface area is 114 Å². The lowest BCUT2D eigenvalue weighted by Crippen LogP contribution is -2.59. The summed E-state index contributed by atoms with van der Waals surface area (Å²) in [7, 11) is 1.63. The Hall–Kier alpha value is -1.57. The third-order valence-corrected chi connectivity index (χ3v) is 4.16. The van der Waals surface area contributed by atoms with Crippen molar-refractivity contribution in [2.24, 2.45) is 5.41 Å². The van der Waals surface area contributed by atoms with Gasteiger partial charge in [0.15, 0.2) is 0 Å². The third kappa shape index (κ3) is 2.58. The number of ether oxygens (including phenoxy) is 1. The van der Waals surface area contributed by atoms with Gasteiger partial charge in [0.05, 0.1) is 24.8 Å². The van der Waals surface area contributed by atoms with Gasteiger partial charge in [0, 0.05) is 23.6 Å². The van der Waals surface area contributed by atoms with Gasteiger partial charge in [-0.3, -0.25) is 0 Å². The maximum atomic E-state index is 9.72. The number of nitrogens with one attached hydrogen (secondary N) is 1. The van der Waals surface area contributed by atoms with Gasteiger partial charge in [0.25, 0.3) is 0 Å². The third-order valence-electron chi connectivity index (χ3n) is 4.16. The molecular weight excluding hydrogens is 240 g/mol. The molecule has 1 aliphatic carbocycles. The number of hydrogen-bond acceptors (Lipinski definition) is 4. The molecule has 4 nitrogen and oxygen atoms in total. The second-order valence-electron chi connectivity index (χ2n) is 5.64. The minimum absolute atomic E-state index is 0.0971. The molecule has 2 N–H and O–H groups in total. The van der Waals surface area contributed by atoms with Crippen LogP contribution in [0.5, 0.6) is 5.75 Å². The molecule has 4 heteroatoms. The van der Waals surface area contributed by atoms with Gasteiger partial charge in [-0.25, -0.2) is 0 Å². The number of rotatable bonds is 4. The van der Waals surface area contributed by atoms with E-state index in [1.807, 2.05) is 12.1 Å². The van der Waals surface area contributed by atoms with E-state index in [0.717, 1.165) is 17.7 Å². The summed E-state index contributed by atoms with van der Waals surface area (Å²) in [6.07, 6.45) is 0.533. The van der Waals surface area contributed by atoms with Crippen LogP contribution in [-0.4, -0.2) is 24.4 Å². The van der Waals surface area contributed by atoms with E-state index in [9.17, 15) is 5.11 Å². The molecule has 0 bridgehead atoms. The van der Waals surface area contributed by atoms with Crippen molar-refractivity contribution in [1.82, 2.24) is 5.32 Å². The van der Waals surface area contributed by atoms with Crippen LogP contribution in [0.2, 0.25) is 0 Å². The van der Waals surface area contributed by atoms with E-state index in [1.54, 1.807) is 13.2 Å². The monoisotopic (exact) mass is 260 g/mol. The Bertz CT molecular complexity index is 505. The molecule has 0 spiro atoms. The predicted octanol–water partition coefficient (Wildman–Crippen LogP) is 1.82. The van der Waals surface area contributed by atoms with Gasteiger partial charge in [-0.1, -0.05) is 13.8 Å². The number of hydrogen-bond donors (Lipinski definition) is 2. The van der Waals surface area contributed by atoms with Gasteiger partial charge in [0.2, 0.25) is 0 Å². The highest BCUT2D eigenvalue weighted by molar-refractivity contribution is 5.42. The summed E-state index contributed by atoms with van der Waals surface area (Å²) < 4.78 is 5.30. The summed E-state index contributed by atoms with van der Waals surface area (Å²) in [4.78, 5) is 0. The van der Waals surface area contributed by atoms with Crippen LogP contribution in [0.15, 0.2) is 18.2 Å². The molecule has 0 aromatic heterocycles. The highest BCUT2D eigenvalue weighted by Crippen LogP contribution is 2.40. The van der Waals surface area contributed by atoms with E-state index in [1.165, 1.54) is 0 Å². The Morgan fingerprint density at radius 3 is 2.79 bits per heavy atom. The van der Waals surface area contributed by atoms with Crippen LogP contribution in [0.3, 0.4) is 0 Å². The fraction of sp³-hybridized carbons (Fsp3) is 0.533. The molecule has 1 aliphatic rings. The lowest BCUT2D eigenvalue weighted by Gasteiger charge is -2.49. The van der Waals surface area contributed by atoms with E-state index in [4.69, 9.17) is 10.00 Å². The quantitative estimate of drug-likeness (QED) is 0.866. The summed E-state index contributed by atoms with van der Waals surface area (Å²) in [6, 6.07) is 7.83. The number of nitriles is 1. The molecule has 0 heterocycles. The molecule has 2 unspecified atom stereocenters. The number of aliphatic hydroxyl groups excluding tert-OH is 1. The summed E-state index contributed by atoms with van der Waals surface area (Å²) in [6.45, 7) is 4.75. The molecule has 1 aromatic carbocycles. The Balaban J connectivity index is 2.05. The second-order valence-corrected chi connectivity index (χ2v) is 5.64. The molecule has 1 saturated carbocycles. The normalized spacial score (nSPS) is 24.4. The minimum Gasteiger partial charge on any atom is -0.496 e. The minimum atomic E-state index is -0.239. The average Bonchev–Trinajstić information content (AvgIpc) is 2.42. The van der Waals surface area contributed by atoms with Crippen molar-refractivity contribution in [3.05, 3.63) is 29.3 Å². The van der Waals surface area contributed by atoms with Crippen molar-refractivity contribution in [1.29, 1.82) is 5.26 Å². The zero-order valence-electron chi connectivity index (χ0n) is 11.6. The number of methoxy groups -OCH3 is 1. The maximum absolute atomic E-state index is 9.72. The van der Waals surface area contributed by atoms with Crippen molar-refractivity contribution < 1.29 is 9.84 Å². The van der Waals surface area contributed by atoms with Crippen molar-refractivity contribution in [3.8, 4) is 11.8 Å². The van der Waals surface area contributed by atoms with E-state index in [-0.39, 0.29) is 17.6 Å². The molecule has 0 amide bonds. The summed E-state index contributed by atoms with van der Waals surface area (Å²) in [5, 5.41) is 22.1. The smallest absolute Gasteiger partial charge is 0.123 e. The van der Waals surface area contributed by atoms with Crippen LogP contribution in [-0.2, 0) is 6.54 Å². The van der Waals surface area contributed by atoms with Crippen LogP contribution in [0.25, 0.3) is 0 Å². The molecule has 1 aromatic rings. The van der Waals surface area contributed by atoms with Crippen LogP contribution in [0.4, 0.5) is 0 Å². The van der Waals surface area contributed by atoms with Crippen molar-refractivity contribution in [2.75, 3.05) is 7.11 Å². The molecule has 0 radical (unpaired) electrons. The topological polar surface area (TPSA) is 65.3 Å². The van der Waals surface area contributed by atoms with E-state index >= 15 is 0 Å². The van der Waals surface area contributed by atoms with Crippen LogP contribution < -0.4 is 10.1 Å². The Kier molecular flexibility index (Phi) is 3.79. The molecule has 102 valence electrons. The predicted molar refractivity (Wildman–Crippen MR) is 72.7 cm³/mol. The lowest BCUT2D eigenvalue weighted by atomic mass is 9.64. The molecule has 2 atom stereocenters. The van der Waals surface area contributed by atoms with Gasteiger partial charge in [-0.15, -0.1) is 0 Å². The summed E-state index contributed by atoms with van der Waals surface area (Å²) in [5.74, 6) is 0.782. The van der Waals surface area contributed by atoms with Crippen molar-refractivity contribution >= 4 is 0 Å².